The normalized spacial score (nSPS) is 18.3. The van der Waals surface area contributed by atoms with Crippen LogP contribution in [0.2, 0.25) is 0 Å². The molecule has 0 aliphatic carbocycles. The summed E-state index contributed by atoms with van der Waals surface area (Å²) in [5.74, 6) is 0. The zero-order valence-corrected chi connectivity index (χ0v) is 42.5. The number of rotatable bonds is 2. The van der Waals surface area contributed by atoms with Crippen LogP contribution in [0.15, 0.2) is 60.7 Å². The van der Waals surface area contributed by atoms with Gasteiger partial charge in [0.05, 0.1) is 132 Å². The Bertz CT molecular complexity index is 1020. The number of hydrogen-bond donors (Lipinski definition) is 0. The summed E-state index contributed by atoms with van der Waals surface area (Å²) in [6.45, 7) is 24.6. The van der Waals surface area contributed by atoms with Gasteiger partial charge in [-0.3, -0.25) is 0 Å². The molecular weight excluding hydrogens is 804 g/mol. The van der Waals surface area contributed by atoms with Gasteiger partial charge in [0.25, 0.3) is 0 Å². The minimum Gasteiger partial charge on any atom is -0.824 e. The number of benzene rings is 2. The zero-order valence-electron chi connectivity index (χ0n) is 36.7. The first-order valence-corrected chi connectivity index (χ1v) is 21.2. The fourth-order valence-corrected chi connectivity index (χ4v) is 5.87. The van der Waals surface area contributed by atoms with Crippen LogP contribution in [0.5, 0.6) is 0 Å². The first-order chi connectivity index (χ1) is 27.0. The maximum Gasteiger partial charge on any atom is 1.00 e. The summed E-state index contributed by atoms with van der Waals surface area (Å²) in [6.07, 6.45) is 0. The van der Waals surface area contributed by atoms with Crippen LogP contribution in [0.1, 0.15) is 52.7 Å². The quantitative estimate of drug-likeness (QED) is 0.263. The molecule has 2 heterocycles. The van der Waals surface area contributed by atoms with Crippen LogP contribution >= 0.6 is 16.4 Å². The maximum absolute atomic E-state index is 11.6. The Hall–Kier alpha value is 0.300. The van der Waals surface area contributed by atoms with Crippen molar-refractivity contribution in [1.29, 1.82) is 0 Å². The fraction of sp³-hybridized carbons (Fsp3) is 0.667. The second kappa shape index (κ2) is 41.3. The van der Waals surface area contributed by atoms with Crippen LogP contribution in [0.3, 0.4) is 0 Å². The second-order valence-corrected chi connectivity index (χ2v) is 18.0. The molecule has 0 N–H and O–H groups in total. The van der Waals surface area contributed by atoms with Gasteiger partial charge in [0, 0.05) is 10.3 Å². The molecule has 0 spiro atoms. The molecule has 0 radical (unpaired) electrons. The minimum absolute atomic E-state index is 0. The van der Waals surface area contributed by atoms with E-state index in [0.717, 1.165) is 27.5 Å². The van der Waals surface area contributed by atoms with Crippen molar-refractivity contribution in [3.63, 3.8) is 0 Å². The largest absolute Gasteiger partial charge is 1.00 e. The van der Waals surface area contributed by atoms with Gasteiger partial charge < -0.3 is 57.6 Å². The van der Waals surface area contributed by atoms with Crippen LogP contribution in [0.4, 0.5) is 0 Å². The van der Waals surface area contributed by atoms with Gasteiger partial charge >= 0.3 is 59.1 Å². The first-order valence-electron chi connectivity index (χ1n) is 19.4. The van der Waals surface area contributed by atoms with Gasteiger partial charge in [-0.25, -0.2) is 0 Å². The Morgan fingerprint density at radius 3 is 0.638 bits per heavy atom. The molecule has 0 unspecified atom stereocenters. The van der Waals surface area contributed by atoms with Crippen molar-refractivity contribution in [2.24, 2.45) is 0 Å². The van der Waals surface area contributed by atoms with E-state index < -0.39 is 0 Å². The van der Waals surface area contributed by atoms with Crippen molar-refractivity contribution < 1.29 is 117 Å². The van der Waals surface area contributed by atoms with Crippen LogP contribution in [0, 0.1) is 0 Å². The van der Waals surface area contributed by atoms with Gasteiger partial charge in [-0.15, -0.1) is 27.4 Å². The predicted molar refractivity (Wildman–Crippen MR) is 223 cm³/mol. The maximum atomic E-state index is 11.6. The standard InChI is InChI=1S/2C11H15OP.2C10H20O5.2Na/c2*1-11(2,3)13-10(12)9-7-5-4-6-8-9;2*1-2-12-5-6-14-9-10-15-8-7-13-4-3-11-1;;/h2*4-8,12H,1-3H3;2*1-10H2;;/q;;;;2*+1/p-2. The Morgan fingerprint density at radius 2 is 0.500 bits per heavy atom. The molecule has 0 bridgehead atoms. The molecule has 0 atom stereocenters. The van der Waals surface area contributed by atoms with Crippen LogP contribution in [-0.4, -0.2) is 153 Å². The molecule has 2 aromatic carbocycles. The van der Waals surface area contributed by atoms with Gasteiger partial charge in [0.15, 0.2) is 0 Å². The van der Waals surface area contributed by atoms with Crippen molar-refractivity contribution in [3.05, 3.63) is 71.8 Å². The molecule has 58 heavy (non-hydrogen) atoms. The molecular formula is C42H68Na2O12P2. The molecule has 0 amide bonds. The molecule has 0 saturated carbocycles. The van der Waals surface area contributed by atoms with E-state index in [0.29, 0.717) is 132 Å². The molecule has 0 aromatic heterocycles. The Morgan fingerprint density at radius 1 is 0.345 bits per heavy atom. The van der Waals surface area contributed by atoms with E-state index in [-0.39, 0.29) is 80.4 Å². The smallest absolute Gasteiger partial charge is 0.824 e. The Labute approximate surface area is 396 Å². The second-order valence-electron chi connectivity index (χ2n) is 14.0. The van der Waals surface area contributed by atoms with Crippen molar-refractivity contribution in [1.82, 2.24) is 0 Å². The zero-order chi connectivity index (χ0) is 41.0. The molecule has 2 fully saturated rings. The number of hydrogen-bond acceptors (Lipinski definition) is 12. The van der Waals surface area contributed by atoms with Crippen molar-refractivity contribution in [2.45, 2.75) is 51.9 Å². The summed E-state index contributed by atoms with van der Waals surface area (Å²) in [5, 5.41) is 23.4. The van der Waals surface area contributed by atoms with E-state index in [1.807, 2.05) is 60.7 Å². The summed E-state index contributed by atoms with van der Waals surface area (Å²) in [6, 6.07) is 18.9. The van der Waals surface area contributed by atoms with Crippen molar-refractivity contribution >= 4 is 27.4 Å². The summed E-state index contributed by atoms with van der Waals surface area (Å²) in [7, 11) is 1.72. The predicted octanol–water partition coefficient (Wildman–Crippen LogP) is -1.29. The summed E-state index contributed by atoms with van der Waals surface area (Å²) < 4.78 is 52.8. The molecule has 2 aromatic rings. The average molecular weight is 873 g/mol. The van der Waals surface area contributed by atoms with Gasteiger partial charge in [0.1, 0.15) is 0 Å². The summed E-state index contributed by atoms with van der Waals surface area (Å²) in [4.78, 5) is 0. The molecule has 2 saturated heterocycles. The molecule has 320 valence electrons. The van der Waals surface area contributed by atoms with Crippen LogP contribution in [-0.2, 0) is 47.4 Å². The molecule has 12 nitrogen and oxygen atoms in total. The monoisotopic (exact) mass is 872 g/mol. The van der Waals surface area contributed by atoms with E-state index in [1.165, 1.54) is 0 Å². The van der Waals surface area contributed by atoms with Crippen LogP contribution < -0.4 is 69.3 Å². The third-order valence-corrected chi connectivity index (χ3v) is 8.90. The van der Waals surface area contributed by atoms with Crippen molar-refractivity contribution in [2.75, 3.05) is 132 Å². The summed E-state index contributed by atoms with van der Waals surface area (Å²) in [5.41, 5.74) is 2.01. The molecule has 16 heteroatoms. The van der Waals surface area contributed by atoms with E-state index >= 15 is 0 Å². The Balaban J connectivity index is 0. The van der Waals surface area contributed by atoms with Gasteiger partial charge in [0.2, 0.25) is 0 Å². The van der Waals surface area contributed by atoms with Gasteiger partial charge in [-0.2, -0.15) is 0 Å². The number of ether oxygens (including phenoxy) is 10. The van der Waals surface area contributed by atoms with E-state index in [2.05, 4.69) is 41.5 Å². The van der Waals surface area contributed by atoms with Crippen LogP contribution in [0.25, 0.3) is 0 Å². The molecule has 2 aliphatic rings. The summed E-state index contributed by atoms with van der Waals surface area (Å²) >= 11 is 0. The topological polar surface area (TPSA) is 138 Å². The third-order valence-electron chi connectivity index (χ3n) is 6.64. The minimum atomic E-state index is 0. The average Bonchev–Trinajstić information content (AvgIpc) is 3.19. The fourth-order valence-electron chi connectivity index (χ4n) is 4.10. The van der Waals surface area contributed by atoms with E-state index in [1.54, 1.807) is 0 Å². The SMILES string of the molecule is C1COCCOCCOCCOCCO1.C1COCCOCCOCCOCCO1.CC(C)(C)P=C([O-])c1ccccc1.CC(C)(C)P=C([O-])c1ccccc1.[Na+].[Na+]. The molecule has 2 aliphatic heterocycles. The first kappa shape index (κ1) is 60.4. The van der Waals surface area contributed by atoms with E-state index in [4.69, 9.17) is 47.4 Å². The Kier molecular flexibility index (Phi) is 43.0. The third kappa shape index (κ3) is 41.6. The van der Waals surface area contributed by atoms with Gasteiger partial charge in [-0.1, -0.05) is 102 Å². The van der Waals surface area contributed by atoms with Gasteiger partial charge in [-0.05, 0) is 11.1 Å². The van der Waals surface area contributed by atoms with Crippen molar-refractivity contribution in [3.8, 4) is 0 Å². The van der Waals surface area contributed by atoms with E-state index in [9.17, 15) is 10.2 Å². The molecule has 4 rings (SSSR count).